The van der Waals surface area contributed by atoms with Crippen LogP contribution in [0.15, 0.2) is 59.6 Å². The van der Waals surface area contributed by atoms with E-state index < -0.39 is 0 Å². The van der Waals surface area contributed by atoms with Crippen molar-refractivity contribution in [1.29, 1.82) is 0 Å². The first kappa shape index (κ1) is 20.3. The van der Waals surface area contributed by atoms with Crippen molar-refractivity contribution in [3.05, 3.63) is 65.7 Å². The first-order valence-electron chi connectivity index (χ1n) is 7.71. The largest absolute Gasteiger partial charge is 0.489 e. The Hall–Kier alpha value is -1.76. The van der Waals surface area contributed by atoms with E-state index in [1.54, 1.807) is 0 Å². The van der Waals surface area contributed by atoms with Gasteiger partial charge in [0, 0.05) is 28.2 Å². The fourth-order valence-corrected chi connectivity index (χ4v) is 2.27. The number of halogens is 1. The molecule has 24 heavy (non-hydrogen) atoms. The van der Waals surface area contributed by atoms with Crippen molar-refractivity contribution in [1.82, 2.24) is 9.80 Å². The van der Waals surface area contributed by atoms with Gasteiger partial charge < -0.3 is 14.5 Å². The van der Waals surface area contributed by atoms with Crippen molar-refractivity contribution in [3.8, 4) is 5.75 Å². The van der Waals surface area contributed by atoms with Gasteiger partial charge in [-0.1, -0.05) is 42.5 Å². The summed E-state index contributed by atoms with van der Waals surface area (Å²) in [7, 11) is 8.01. The lowest BCUT2D eigenvalue weighted by atomic mass is 10.1. The molecule has 2 rings (SSSR count). The highest BCUT2D eigenvalue weighted by Crippen LogP contribution is 2.12. The minimum atomic E-state index is 0. The number of aliphatic imine (C=N–C) groups is 1. The summed E-state index contributed by atoms with van der Waals surface area (Å²) in [4.78, 5) is 8.69. The minimum Gasteiger partial charge on any atom is -0.489 e. The first-order chi connectivity index (χ1) is 11.1. The average molecular weight is 439 g/mol. The molecule has 2 aromatic carbocycles. The van der Waals surface area contributed by atoms with E-state index in [0.717, 1.165) is 17.3 Å². The van der Waals surface area contributed by atoms with Gasteiger partial charge in [-0.2, -0.15) is 0 Å². The fraction of sp³-hybridized carbons (Fsp3) is 0.316. The van der Waals surface area contributed by atoms with Crippen LogP contribution < -0.4 is 4.74 Å². The highest BCUT2D eigenvalue weighted by Gasteiger charge is 2.04. The van der Waals surface area contributed by atoms with Crippen LogP contribution in [0.5, 0.6) is 5.75 Å². The highest BCUT2D eigenvalue weighted by molar-refractivity contribution is 14.0. The van der Waals surface area contributed by atoms with Crippen LogP contribution in [0.2, 0.25) is 0 Å². The smallest absolute Gasteiger partial charge is 0.195 e. The molecule has 2 aromatic rings. The predicted molar refractivity (Wildman–Crippen MR) is 111 cm³/mol. The molecule has 0 unspecified atom stereocenters. The molecule has 0 aliphatic rings. The molecular weight excluding hydrogens is 413 g/mol. The molecule has 0 N–H and O–H groups in total. The van der Waals surface area contributed by atoms with E-state index >= 15 is 0 Å². The number of guanidine groups is 1. The van der Waals surface area contributed by atoms with E-state index in [1.807, 2.05) is 68.3 Å². The van der Waals surface area contributed by atoms with Crippen LogP contribution in [-0.4, -0.2) is 44.0 Å². The molecule has 0 saturated carbocycles. The maximum atomic E-state index is 5.75. The first-order valence-corrected chi connectivity index (χ1v) is 7.71. The summed E-state index contributed by atoms with van der Waals surface area (Å²) < 4.78 is 5.75. The van der Waals surface area contributed by atoms with Crippen LogP contribution in [-0.2, 0) is 13.2 Å². The van der Waals surface area contributed by atoms with Crippen molar-refractivity contribution >= 4 is 29.9 Å². The van der Waals surface area contributed by atoms with E-state index in [-0.39, 0.29) is 24.0 Å². The molecule has 0 saturated heterocycles. The molecule has 5 heteroatoms. The monoisotopic (exact) mass is 439 g/mol. The molecule has 4 nitrogen and oxygen atoms in total. The molecule has 0 spiro atoms. The Labute approximate surface area is 162 Å². The molecule has 0 aliphatic carbocycles. The lowest BCUT2D eigenvalue weighted by Gasteiger charge is -2.22. The minimum absolute atomic E-state index is 0. The highest BCUT2D eigenvalue weighted by atomic mass is 127. The number of benzene rings is 2. The van der Waals surface area contributed by atoms with Gasteiger partial charge in [-0.3, -0.25) is 0 Å². The van der Waals surface area contributed by atoms with E-state index in [4.69, 9.17) is 4.74 Å². The van der Waals surface area contributed by atoms with Crippen LogP contribution >= 0.6 is 24.0 Å². The lowest BCUT2D eigenvalue weighted by Crippen LogP contribution is -2.35. The second kappa shape index (κ2) is 10.2. The number of nitrogens with zero attached hydrogens (tertiary/aromatic N) is 3. The number of hydrogen-bond acceptors (Lipinski definition) is 2. The summed E-state index contributed by atoms with van der Waals surface area (Å²) in [5.41, 5.74) is 2.34. The Morgan fingerprint density at radius 1 is 0.833 bits per heavy atom. The number of hydrogen-bond donors (Lipinski definition) is 0. The molecule has 130 valence electrons. The second-order valence-electron chi connectivity index (χ2n) is 5.82. The van der Waals surface area contributed by atoms with Crippen LogP contribution in [0, 0.1) is 0 Å². The Morgan fingerprint density at radius 2 is 1.38 bits per heavy atom. The van der Waals surface area contributed by atoms with E-state index in [0.29, 0.717) is 13.2 Å². The average Bonchev–Trinajstić information content (AvgIpc) is 2.54. The summed E-state index contributed by atoms with van der Waals surface area (Å²) in [6.45, 7) is 1.25. The molecule has 0 aliphatic heterocycles. The van der Waals surface area contributed by atoms with Gasteiger partial charge >= 0.3 is 0 Å². The molecular formula is C19H26IN3O. The van der Waals surface area contributed by atoms with Crippen molar-refractivity contribution in [3.63, 3.8) is 0 Å². The molecule has 0 atom stereocenters. The molecule has 0 fully saturated rings. The van der Waals surface area contributed by atoms with Crippen molar-refractivity contribution in [2.24, 2.45) is 4.99 Å². The number of rotatable bonds is 5. The van der Waals surface area contributed by atoms with Gasteiger partial charge in [-0.25, -0.2) is 4.99 Å². The van der Waals surface area contributed by atoms with E-state index in [2.05, 4.69) is 29.3 Å². The van der Waals surface area contributed by atoms with E-state index in [9.17, 15) is 0 Å². The fourth-order valence-electron chi connectivity index (χ4n) is 2.27. The number of ether oxygens (including phenoxy) is 1. The third-order valence-corrected chi connectivity index (χ3v) is 3.37. The lowest BCUT2D eigenvalue weighted by molar-refractivity contribution is 0.306. The maximum absolute atomic E-state index is 5.75. The SMILES string of the molecule is CN(C)C(=NCc1ccc(COc2ccccc2)cc1)N(C)C.I. The Kier molecular flexibility index (Phi) is 8.60. The molecule has 0 heterocycles. The Bertz CT molecular complexity index is 615. The van der Waals surface area contributed by atoms with Crippen LogP contribution in [0.3, 0.4) is 0 Å². The third kappa shape index (κ3) is 6.39. The topological polar surface area (TPSA) is 28.1 Å². The molecule has 0 aromatic heterocycles. The predicted octanol–water partition coefficient (Wildman–Crippen LogP) is 3.86. The number of para-hydroxylation sites is 1. The van der Waals surface area contributed by atoms with Crippen molar-refractivity contribution in [2.45, 2.75) is 13.2 Å². The zero-order valence-electron chi connectivity index (χ0n) is 14.8. The summed E-state index contributed by atoms with van der Waals surface area (Å²) in [6.07, 6.45) is 0. The van der Waals surface area contributed by atoms with Gasteiger partial charge in [-0.05, 0) is 23.3 Å². The maximum Gasteiger partial charge on any atom is 0.195 e. The third-order valence-electron chi connectivity index (χ3n) is 3.37. The van der Waals surface area contributed by atoms with Gasteiger partial charge in [0.2, 0.25) is 0 Å². The van der Waals surface area contributed by atoms with Gasteiger partial charge in [0.1, 0.15) is 12.4 Å². The molecule has 0 amide bonds. The summed E-state index contributed by atoms with van der Waals surface area (Å²) in [6, 6.07) is 18.3. The van der Waals surface area contributed by atoms with Crippen molar-refractivity contribution in [2.75, 3.05) is 28.2 Å². The summed E-state index contributed by atoms with van der Waals surface area (Å²) >= 11 is 0. The Morgan fingerprint density at radius 3 is 1.92 bits per heavy atom. The van der Waals surface area contributed by atoms with Gasteiger partial charge in [0.05, 0.1) is 6.54 Å². The quantitative estimate of drug-likeness (QED) is 0.403. The van der Waals surface area contributed by atoms with Gasteiger partial charge in [0.15, 0.2) is 5.96 Å². The normalized spacial score (nSPS) is 9.67. The van der Waals surface area contributed by atoms with E-state index in [1.165, 1.54) is 5.56 Å². The van der Waals surface area contributed by atoms with Crippen molar-refractivity contribution < 1.29 is 4.74 Å². The molecule has 0 bridgehead atoms. The van der Waals surface area contributed by atoms with Gasteiger partial charge in [0.25, 0.3) is 0 Å². The van der Waals surface area contributed by atoms with Crippen LogP contribution in [0.1, 0.15) is 11.1 Å². The summed E-state index contributed by atoms with van der Waals surface area (Å²) in [5.74, 6) is 1.85. The Balaban J connectivity index is 0.00000288. The van der Waals surface area contributed by atoms with Gasteiger partial charge in [-0.15, -0.1) is 24.0 Å². The van der Waals surface area contributed by atoms with Crippen LogP contribution in [0.4, 0.5) is 0 Å². The summed E-state index contributed by atoms with van der Waals surface area (Å²) in [5, 5.41) is 0. The zero-order valence-corrected chi connectivity index (χ0v) is 17.1. The standard InChI is InChI=1S/C19H25N3O.HI/c1-21(2)19(22(3)4)20-14-16-10-12-17(13-11-16)15-23-18-8-6-5-7-9-18;/h5-13H,14-15H2,1-4H3;1H. The second-order valence-corrected chi connectivity index (χ2v) is 5.82. The zero-order chi connectivity index (χ0) is 16.7. The van der Waals surface area contributed by atoms with Crippen LogP contribution in [0.25, 0.3) is 0 Å². The molecule has 0 radical (unpaired) electrons.